The Bertz CT molecular complexity index is 347. The molecule has 0 spiro atoms. The maximum absolute atomic E-state index is 10.5. The van der Waals surface area contributed by atoms with Crippen LogP contribution >= 0.6 is 0 Å². The van der Waals surface area contributed by atoms with Crippen molar-refractivity contribution in [1.82, 2.24) is 9.80 Å². The van der Waals surface area contributed by atoms with Crippen LogP contribution in [0.2, 0.25) is 0 Å². The van der Waals surface area contributed by atoms with Crippen molar-refractivity contribution < 1.29 is 4.79 Å². The first-order valence-corrected chi connectivity index (χ1v) is 5.80. The lowest BCUT2D eigenvalue weighted by Crippen LogP contribution is -2.24. The minimum absolute atomic E-state index is 0.750. The van der Waals surface area contributed by atoms with E-state index >= 15 is 0 Å². The summed E-state index contributed by atoms with van der Waals surface area (Å²) in [6.07, 6.45) is 0.887. The molecule has 2 rings (SSSR count). The van der Waals surface area contributed by atoms with Gasteiger partial charge in [-0.3, -0.25) is 14.6 Å². The lowest BCUT2D eigenvalue weighted by Gasteiger charge is -2.16. The molecule has 0 bridgehead atoms. The second kappa shape index (κ2) is 5.23. The highest BCUT2D eigenvalue weighted by Crippen LogP contribution is 2.10. The molecule has 0 saturated carbocycles. The maximum Gasteiger partial charge on any atom is 0.150 e. The van der Waals surface area contributed by atoms with Crippen molar-refractivity contribution in [2.24, 2.45) is 0 Å². The molecule has 3 nitrogen and oxygen atoms in total. The highest BCUT2D eigenvalue weighted by atomic mass is 16.1. The summed E-state index contributed by atoms with van der Waals surface area (Å²) >= 11 is 0. The monoisotopic (exact) mass is 218 g/mol. The molecule has 16 heavy (non-hydrogen) atoms. The van der Waals surface area contributed by atoms with Crippen LogP contribution in [0.15, 0.2) is 24.3 Å². The number of nitrogens with zero attached hydrogens (tertiary/aromatic N) is 2. The molecule has 1 saturated heterocycles. The number of hydrogen-bond acceptors (Lipinski definition) is 3. The molecule has 1 fully saturated rings. The van der Waals surface area contributed by atoms with Crippen LogP contribution in [0.3, 0.4) is 0 Å². The van der Waals surface area contributed by atoms with Gasteiger partial charge in [0.05, 0.1) is 6.67 Å². The number of benzene rings is 1. The molecule has 1 aromatic carbocycles. The van der Waals surface area contributed by atoms with E-state index in [9.17, 15) is 4.79 Å². The summed E-state index contributed by atoms with van der Waals surface area (Å²) < 4.78 is 0. The van der Waals surface area contributed by atoms with Gasteiger partial charge in [-0.25, -0.2) is 0 Å². The zero-order chi connectivity index (χ0) is 11.4. The smallest absolute Gasteiger partial charge is 0.150 e. The van der Waals surface area contributed by atoms with E-state index in [1.54, 1.807) is 0 Å². The molecule has 1 aromatic rings. The zero-order valence-electron chi connectivity index (χ0n) is 9.72. The number of aldehydes is 1. The predicted molar refractivity (Wildman–Crippen MR) is 64.4 cm³/mol. The van der Waals surface area contributed by atoms with Crippen LogP contribution in [0.25, 0.3) is 0 Å². The molecule has 86 valence electrons. The molecule has 0 atom stereocenters. The summed E-state index contributed by atoms with van der Waals surface area (Å²) in [7, 11) is 0. The van der Waals surface area contributed by atoms with Gasteiger partial charge >= 0.3 is 0 Å². The van der Waals surface area contributed by atoms with E-state index in [0.29, 0.717) is 0 Å². The number of carbonyl (C=O) groups is 1. The van der Waals surface area contributed by atoms with E-state index in [1.165, 1.54) is 12.1 Å². The van der Waals surface area contributed by atoms with Crippen LogP contribution in [0.5, 0.6) is 0 Å². The van der Waals surface area contributed by atoms with Crippen molar-refractivity contribution >= 4 is 6.29 Å². The van der Waals surface area contributed by atoms with Crippen LogP contribution in [-0.4, -0.2) is 42.4 Å². The minimum atomic E-state index is 0.750. The van der Waals surface area contributed by atoms with Crippen molar-refractivity contribution in [3.8, 4) is 0 Å². The van der Waals surface area contributed by atoms with Crippen LogP contribution < -0.4 is 0 Å². The van der Waals surface area contributed by atoms with Crippen LogP contribution in [0.4, 0.5) is 0 Å². The Morgan fingerprint density at radius 2 is 1.88 bits per heavy atom. The molecule has 0 aliphatic carbocycles. The lowest BCUT2D eigenvalue weighted by molar-refractivity contribution is 0.112. The molecule has 0 N–H and O–H groups in total. The van der Waals surface area contributed by atoms with Crippen molar-refractivity contribution in [3.05, 3.63) is 35.4 Å². The van der Waals surface area contributed by atoms with E-state index in [0.717, 1.165) is 38.2 Å². The number of likely N-dealkylation sites (N-methyl/N-ethyl adjacent to an activating group) is 1. The van der Waals surface area contributed by atoms with Gasteiger partial charge in [0.15, 0.2) is 0 Å². The molecular weight excluding hydrogens is 200 g/mol. The van der Waals surface area contributed by atoms with Crippen molar-refractivity contribution in [1.29, 1.82) is 0 Å². The minimum Gasteiger partial charge on any atom is -0.298 e. The Labute approximate surface area is 96.7 Å². The Hall–Kier alpha value is -1.19. The fourth-order valence-corrected chi connectivity index (χ4v) is 2.05. The third-order valence-corrected chi connectivity index (χ3v) is 3.10. The SMILES string of the molecule is CCN1CCN(Cc2ccc(C=O)cc2)C1. The van der Waals surface area contributed by atoms with Gasteiger partial charge in [-0.05, 0) is 12.1 Å². The normalized spacial score (nSPS) is 17.8. The van der Waals surface area contributed by atoms with Gasteiger partial charge in [0, 0.05) is 25.2 Å². The Balaban J connectivity index is 1.91. The van der Waals surface area contributed by atoms with Gasteiger partial charge in [0.1, 0.15) is 6.29 Å². The first kappa shape index (κ1) is 11.3. The molecule has 1 aliphatic rings. The molecule has 0 radical (unpaired) electrons. The highest BCUT2D eigenvalue weighted by molar-refractivity contribution is 5.74. The first-order valence-electron chi connectivity index (χ1n) is 5.80. The van der Waals surface area contributed by atoms with E-state index < -0.39 is 0 Å². The lowest BCUT2D eigenvalue weighted by atomic mass is 10.1. The molecule has 1 heterocycles. The summed E-state index contributed by atoms with van der Waals surface area (Å²) in [5.74, 6) is 0. The standard InChI is InChI=1S/C13H18N2O/c1-2-14-7-8-15(11-14)9-12-3-5-13(10-16)6-4-12/h3-6,10H,2,7-9,11H2,1H3. The van der Waals surface area contributed by atoms with Gasteiger partial charge in [0.25, 0.3) is 0 Å². The number of hydrogen-bond donors (Lipinski definition) is 0. The summed E-state index contributed by atoms with van der Waals surface area (Å²) in [5, 5.41) is 0. The van der Waals surface area contributed by atoms with Crippen molar-refractivity contribution in [2.45, 2.75) is 13.5 Å². The zero-order valence-corrected chi connectivity index (χ0v) is 9.72. The molecule has 0 amide bonds. The number of rotatable bonds is 4. The van der Waals surface area contributed by atoms with E-state index in [4.69, 9.17) is 0 Å². The van der Waals surface area contributed by atoms with Gasteiger partial charge in [0.2, 0.25) is 0 Å². The third kappa shape index (κ3) is 2.68. The number of carbonyl (C=O) groups excluding carboxylic acids is 1. The predicted octanol–water partition coefficient (Wildman–Crippen LogP) is 1.59. The molecule has 0 unspecified atom stereocenters. The van der Waals surface area contributed by atoms with E-state index in [1.807, 2.05) is 24.3 Å². The van der Waals surface area contributed by atoms with Gasteiger partial charge in [-0.15, -0.1) is 0 Å². The van der Waals surface area contributed by atoms with Gasteiger partial charge < -0.3 is 0 Å². The van der Waals surface area contributed by atoms with Crippen LogP contribution in [-0.2, 0) is 6.54 Å². The van der Waals surface area contributed by atoms with Crippen LogP contribution in [0.1, 0.15) is 22.8 Å². The summed E-state index contributed by atoms with van der Waals surface area (Å²) in [4.78, 5) is 15.4. The Morgan fingerprint density at radius 3 is 2.44 bits per heavy atom. The summed E-state index contributed by atoms with van der Waals surface area (Å²) in [6.45, 7) is 7.68. The molecular formula is C13H18N2O. The fraction of sp³-hybridized carbons (Fsp3) is 0.462. The first-order chi connectivity index (χ1) is 7.81. The average Bonchev–Trinajstić information content (AvgIpc) is 2.78. The second-order valence-electron chi connectivity index (χ2n) is 4.26. The van der Waals surface area contributed by atoms with Crippen molar-refractivity contribution in [3.63, 3.8) is 0 Å². The van der Waals surface area contributed by atoms with E-state index in [2.05, 4.69) is 16.7 Å². The Kier molecular flexibility index (Phi) is 3.70. The second-order valence-corrected chi connectivity index (χ2v) is 4.26. The topological polar surface area (TPSA) is 23.6 Å². The van der Waals surface area contributed by atoms with Crippen molar-refractivity contribution in [2.75, 3.05) is 26.3 Å². The van der Waals surface area contributed by atoms with Gasteiger partial charge in [-0.1, -0.05) is 31.2 Å². The van der Waals surface area contributed by atoms with Crippen LogP contribution in [0, 0.1) is 0 Å². The molecule has 0 aromatic heterocycles. The third-order valence-electron chi connectivity index (χ3n) is 3.10. The Morgan fingerprint density at radius 1 is 1.19 bits per heavy atom. The van der Waals surface area contributed by atoms with E-state index in [-0.39, 0.29) is 0 Å². The largest absolute Gasteiger partial charge is 0.298 e. The summed E-state index contributed by atoms with van der Waals surface area (Å²) in [6, 6.07) is 7.85. The molecule has 3 heteroatoms. The molecule has 1 aliphatic heterocycles. The maximum atomic E-state index is 10.5. The fourth-order valence-electron chi connectivity index (χ4n) is 2.05. The quantitative estimate of drug-likeness (QED) is 0.717. The summed E-state index contributed by atoms with van der Waals surface area (Å²) in [5.41, 5.74) is 2.03. The highest BCUT2D eigenvalue weighted by Gasteiger charge is 2.17. The van der Waals surface area contributed by atoms with Gasteiger partial charge in [-0.2, -0.15) is 0 Å². The average molecular weight is 218 g/mol.